The number of carbonyl (C=O) groups is 2. The van der Waals surface area contributed by atoms with Crippen LogP contribution in [-0.4, -0.2) is 61.9 Å². The molecule has 1 aliphatic heterocycles. The third kappa shape index (κ3) is 1.80. The average molecular weight is 225 g/mol. The summed E-state index contributed by atoms with van der Waals surface area (Å²) in [6.45, 7) is 3.11. The van der Waals surface area contributed by atoms with Crippen molar-refractivity contribution in [1.82, 2.24) is 15.1 Å². The van der Waals surface area contributed by atoms with Gasteiger partial charge in [0.05, 0.1) is 0 Å². The predicted molar refractivity (Wildman–Crippen MR) is 59.8 cm³/mol. The zero-order chi connectivity index (χ0) is 11.8. The van der Waals surface area contributed by atoms with Crippen LogP contribution < -0.4 is 5.32 Å². The zero-order valence-electron chi connectivity index (χ0n) is 9.95. The molecule has 2 amide bonds. The number of amides is 2. The van der Waals surface area contributed by atoms with Gasteiger partial charge in [-0.15, -0.1) is 0 Å². The fourth-order valence-corrected chi connectivity index (χ4v) is 2.24. The maximum absolute atomic E-state index is 12.3. The van der Waals surface area contributed by atoms with Crippen molar-refractivity contribution >= 4 is 11.8 Å². The SMILES string of the molecule is CN(C)C(=O)C1(C(=O)N2CCNCC2)CC1. The summed E-state index contributed by atoms with van der Waals surface area (Å²) in [4.78, 5) is 27.6. The van der Waals surface area contributed by atoms with Crippen LogP contribution in [0.15, 0.2) is 0 Å². The van der Waals surface area contributed by atoms with Crippen molar-refractivity contribution in [3.63, 3.8) is 0 Å². The third-order valence-electron chi connectivity index (χ3n) is 3.38. The summed E-state index contributed by atoms with van der Waals surface area (Å²) in [5, 5.41) is 3.20. The molecule has 1 heterocycles. The van der Waals surface area contributed by atoms with E-state index < -0.39 is 5.41 Å². The molecule has 16 heavy (non-hydrogen) atoms. The fraction of sp³-hybridized carbons (Fsp3) is 0.818. The molecule has 1 saturated heterocycles. The summed E-state index contributed by atoms with van der Waals surface area (Å²) in [6.07, 6.45) is 1.43. The second-order valence-corrected chi connectivity index (χ2v) is 4.82. The Morgan fingerprint density at radius 3 is 2.19 bits per heavy atom. The van der Waals surface area contributed by atoms with E-state index in [1.54, 1.807) is 14.1 Å². The number of nitrogens with one attached hydrogen (secondary N) is 1. The van der Waals surface area contributed by atoms with Crippen LogP contribution in [0.5, 0.6) is 0 Å². The first-order valence-corrected chi connectivity index (χ1v) is 5.80. The van der Waals surface area contributed by atoms with E-state index >= 15 is 0 Å². The Hall–Kier alpha value is -1.10. The van der Waals surface area contributed by atoms with Crippen molar-refractivity contribution in [2.75, 3.05) is 40.3 Å². The van der Waals surface area contributed by atoms with E-state index in [2.05, 4.69) is 5.32 Å². The second-order valence-electron chi connectivity index (χ2n) is 4.82. The Kier molecular flexibility index (Phi) is 2.88. The predicted octanol–water partition coefficient (Wildman–Crippen LogP) is -0.713. The molecule has 0 aromatic heterocycles. The van der Waals surface area contributed by atoms with Crippen LogP contribution in [0.2, 0.25) is 0 Å². The van der Waals surface area contributed by atoms with Gasteiger partial charge in [0.2, 0.25) is 11.8 Å². The van der Waals surface area contributed by atoms with Gasteiger partial charge in [-0.05, 0) is 12.8 Å². The minimum atomic E-state index is -0.708. The van der Waals surface area contributed by atoms with Gasteiger partial charge in [0, 0.05) is 40.3 Å². The quantitative estimate of drug-likeness (QED) is 0.631. The molecule has 1 saturated carbocycles. The van der Waals surface area contributed by atoms with Gasteiger partial charge < -0.3 is 15.1 Å². The first-order valence-electron chi connectivity index (χ1n) is 5.80. The molecule has 5 nitrogen and oxygen atoms in total. The van der Waals surface area contributed by atoms with Gasteiger partial charge >= 0.3 is 0 Å². The van der Waals surface area contributed by atoms with Gasteiger partial charge in [-0.25, -0.2) is 0 Å². The van der Waals surface area contributed by atoms with Crippen LogP contribution in [0.25, 0.3) is 0 Å². The molecule has 1 aliphatic carbocycles. The van der Waals surface area contributed by atoms with Crippen molar-refractivity contribution in [3.05, 3.63) is 0 Å². The van der Waals surface area contributed by atoms with E-state index in [0.717, 1.165) is 26.2 Å². The standard InChI is InChI=1S/C11H19N3O2/c1-13(2)9(15)11(3-4-11)10(16)14-7-5-12-6-8-14/h12H,3-8H2,1-2H3. The lowest BCUT2D eigenvalue weighted by Gasteiger charge is -2.31. The monoisotopic (exact) mass is 225 g/mol. The molecule has 2 fully saturated rings. The Morgan fingerprint density at radius 2 is 1.75 bits per heavy atom. The van der Waals surface area contributed by atoms with Crippen molar-refractivity contribution < 1.29 is 9.59 Å². The van der Waals surface area contributed by atoms with Crippen molar-refractivity contribution in [1.29, 1.82) is 0 Å². The Labute approximate surface area is 95.8 Å². The van der Waals surface area contributed by atoms with Crippen molar-refractivity contribution in [3.8, 4) is 0 Å². The molecule has 0 atom stereocenters. The van der Waals surface area contributed by atoms with Gasteiger partial charge in [0.1, 0.15) is 5.41 Å². The van der Waals surface area contributed by atoms with Gasteiger partial charge in [0.25, 0.3) is 0 Å². The Balaban J connectivity index is 2.06. The van der Waals surface area contributed by atoms with Crippen LogP contribution in [0, 0.1) is 5.41 Å². The molecule has 2 rings (SSSR count). The third-order valence-corrected chi connectivity index (χ3v) is 3.38. The lowest BCUT2D eigenvalue weighted by atomic mass is 10.0. The summed E-state index contributed by atoms with van der Waals surface area (Å²) < 4.78 is 0. The fourth-order valence-electron chi connectivity index (χ4n) is 2.24. The van der Waals surface area contributed by atoms with Gasteiger partial charge in [0.15, 0.2) is 0 Å². The molecule has 2 aliphatic rings. The van der Waals surface area contributed by atoms with Crippen LogP contribution in [0.4, 0.5) is 0 Å². The molecule has 90 valence electrons. The van der Waals surface area contributed by atoms with Crippen molar-refractivity contribution in [2.24, 2.45) is 5.41 Å². The second kappa shape index (κ2) is 4.05. The normalized spacial score (nSPS) is 22.8. The van der Waals surface area contributed by atoms with Gasteiger partial charge in [-0.1, -0.05) is 0 Å². The van der Waals surface area contributed by atoms with Gasteiger partial charge in [-0.3, -0.25) is 9.59 Å². The first kappa shape index (κ1) is 11.4. The number of nitrogens with zero attached hydrogens (tertiary/aromatic N) is 2. The molecular formula is C11H19N3O2. The minimum absolute atomic E-state index is 0.0315. The van der Waals surface area contributed by atoms with Crippen LogP contribution in [0.3, 0.4) is 0 Å². The summed E-state index contributed by atoms with van der Waals surface area (Å²) in [7, 11) is 3.43. The molecular weight excluding hydrogens is 206 g/mol. The summed E-state index contributed by atoms with van der Waals surface area (Å²) in [6, 6.07) is 0. The number of carbonyl (C=O) groups excluding carboxylic acids is 2. The lowest BCUT2D eigenvalue weighted by Crippen LogP contribution is -2.51. The highest BCUT2D eigenvalue weighted by Crippen LogP contribution is 2.48. The van der Waals surface area contributed by atoms with Crippen LogP contribution >= 0.6 is 0 Å². The van der Waals surface area contributed by atoms with E-state index in [1.165, 1.54) is 4.90 Å². The maximum atomic E-state index is 12.3. The molecule has 0 spiro atoms. The highest BCUT2D eigenvalue weighted by Gasteiger charge is 2.58. The molecule has 1 N–H and O–H groups in total. The first-order chi connectivity index (χ1) is 7.58. The van der Waals surface area contributed by atoms with E-state index in [9.17, 15) is 9.59 Å². The molecule has 0 aromatic carbocycles. The average Bonchev–Trinajstić information content (AvgIpc) is 3.09. The van der Waals surface area contributed by atoms with Crippen LogP contribution in [-0.2, 0) is 9.59 Å². The number of hydrogen-bond donors (Lipinski definition) is 1. The Bertz CT molecular complexity index is 304. The highest BCUT2D eigenvalue weighted by molar-refractivity contribution is 6.07. The maximum Gasteiger partial charge on any atom is 0.238 e. The van der Waals surface area contributed by atoms with E-state index in [-0.39, 0.29) is 11.8 Å². The molecule has 0 radical (unpaired) electrons. The summed E-state index contributed by atoms with van der Waals surface area (Å²) in [5.41, 5.74) is -0.708. The molecule has 0 aromatic rings. The smallest absolute Gasteiger partial charge is 0.238 e. The lowest BCUT2D eigenvalue weighted by molar-refractivity contribution is -0.148. The van der Waals surface area contributed by atoms with E-state index in [1.807, 2.05) is 4.90 Å². The summed E-state index contributed by atoms with van der Waals surface area (Å²) >= 11 is 0. The van der Waals surface area contributed by atoms with E-state index in [0.29, 0.717) is 12.8 Å². The molecule has 0 bridgehead atoms. The number of hydrogen-bond acceptors (Lipinski definition) is 3. The Morgan fingerprint density at radius 1 is 1.19 bits per heavy atom. The van der Waals surface area contributed by atoms with Gasteiger partial charge in [-0.2, -0.15) is 0 Å². The van der Waals surface area contributed by atoms with Crippen molar-refractivity contribution in [2.45, 2.75) is 12.8 Å². The number of rotatable bonds is 2. The topological polar surface area (TPSA) is 52.7 Å². The van der Waals surface area contributed by atoms with E-state index in [4.69, 9.17) is 0 Å². The van der Waals surface area contributed by atoms with Crippen LogP contribution in [0.1, 0.15) is 12.8 Å². The summed E-state index contributed by atoms with van der Waals surface area (Å²) in [5.74, 6) is 0.00346. The molecule has 0 unspecified atom stereocenters. The number of piperazine rings is 1. The highest BCUT2D eigenvalue weighted by atomic mass is 16.2. The zero-order valence-corrected chi connectivity index (χ0v) is 9.95. The largest absolute Gasteiger partial charge is 0.348 e. The molecule has 5 heteroatoms. The minimum Gasteiger partial charge on any atom is -0.348 e.